The van der Waals surface area contributed by atoms with E-state index in [4.69, 9.17) is 0 Å². The number of hydrogen-bond donors (Lipinski definition) is 1. The summed E-state index contributed by atoms with van der Waals surface area (Å²) in [6.45, 7) is 9.56. The Hall–Kier alpha value is -1.29. The van der Waals surface area contributed by atoms with Crippen LogP contribution in [0.1, 0.15) is 39.3 Å². The van der Waals surface area contributed by atoms with Crippen molar-refractivity contribution in [3.8, 4) is 0 Å². The van der Waals surface area contributed by atoms with Crippen molar-refractivity contribution in [2.75, 3.05) is 13.1 Å². The van der Waals surface area contributed by atoms with Crippen molar-refractivity contribution >= 4 is 5.91 Å². The van der Waals surface area contributed by atoms with E-state index in [0.717, 1.165) is 32.5 Å². The lowest BCUT2D eigenvalue weighted by atomic mass is 10.1. The van der Waals surface area contributed by atoms with Crippen molar-refractivity contribution in [1.29, 1.82) is 0 Å². The van der Waals surface area contributed by atoms with Crippen molar-refractivity contribution in [3.05, 3.63) is 24.0 Å². The predicted octanol–water partition coefficient (Wildman–Crippen LogP) is 2.00. The summed E-state index contributed by atoms with van der Waals surface area (Å²) in [6, 6.07) is 4.09. The molecule has 0 bridgehead atoms. The first-order valence-electron chi connectivity index (χ1n) is 7.12. The van der Waals surface area contributed by atoms with E-state index in [2.05, 4.69) is 36.7 Å². The third-order valence-electron chi connectivity index (χ3n) is 3.49. The summed E-state index contributed by atoms with van der Waals surface area (Å²) in [5, 5.41) is 3.46. The van der Waals surface area contributed by atoms with Gasteiger partial charge in [0.15, 0.2) is 0 Å². The van der Waals surface area contributed by atoms with E-state index in [-0.39, 0.29) is 11.4 Å². The molecular formula is C15H25N3O. The molecule has 1 N–H and O–H groups in total. The average molecular weight is 263 g/mol. The number of rotatable bonds is 4. The number of nitrogens with zero attached hydrogens (tertiary/aromatic N) is 2. The van der Waals surface area contributed by atoms with Gasteiger partial charge >= 0.3 is 0 Å². The molecule has 1 aromatic rings. The third kappa shape index (κ3) is 4.10. The molecule has 1 aliphatic rings. The SMILES string of the molecule is CC(C)(C)NCc1cccn1CC(=O)N1CCCC1. The van der Waals surface area contributed by atoms with Crippen molar-refractivity contribution in [2.45, 2.75) is 52.2 Å². The summed E-state index contributed by atoms with van der Waals surface area (Å²) < 4.78 is 2.05. The summed E-state index contributed by atoms with van der Waals surface area (Å²) in [5.41, 5.74) is 1.26. The van der Waals surface area contributed by atoms with Crippen LogP contribution < -0.4 is 5.32 Å². The van der Waals surface area contributed by atoms with E-state index in [1.54, 1.807) is 0 Å². The molecule has 1 fully saturated rings. The van der Waals surface area contributed by atoms with Gasteiger partial charge in [-0.15, -0.1) is 0 Å². The number of likely N-dealkylation sites (tertiary alicyclic amines) is 1. The molecule has 0 radical (unpaired) electrons. The number of hydrogen-bond acceptors (Lipinski definition) is 2. The second kappa shape index (κ2) is 5.78. The molecule has 4 heteroatoms. The lowest BCUT2D eigenvalue weighted by Gasteiger charge is -2.22. The zero-order valence-corrected chi connectivity index (χ0v) is 12.3. The van der Waals surface area contributed by atoms with Crippen LogP contribution in [0.5, 0.6) is 0 Å². The van der Waals surface area contributed by atoms with Gasteiger partial charge in [0.2, 0.25) is 5.91 Å². The maximum absolute atomic E-state index is 12.2. The van der Waals surface area contributed by atoms with E-state index in [1.165, 1.54) is 5.69 Å². The van der Waals surface area contributed by atoms with Crippen LogP contribution >= 0.6 is 0 Å². The van der Waals surface area contributed by atoms with Crippen LogP contribution in [-0.2, 0) is 17.9 Å². The molecule has 0 saturated carbocycles. The highest BCUT2D eigenvalue weighted by Gasteiger charge is 2.18. The Balaban J connectivity index is 1.93. The number of carbonyl (C=O) groups is 1. The zero-order chi connectivity index (χ0) is 13.9. The molecule has 2 rings (SSSR count). The molecule has 0 atom stereocenters. The lowest BCUT2D eigenvalue weighted by molar-refractivity contribution is -0.130. The van der Waals surface area contributed by atoms with Gasteiger partial charge in [0, 0.05) is 37.1 Å². The standard InChI is InChI=1S/C15H25N3O/c1-15(2,3)16-11-13-7-6-10-18(13)12-14(19)17-8-4-5-9-17/h6-7,10,16H,4-5,8-9,11-12H2,1-3H3. The number of aromatic nitrogens is 1. The number of carbonyl (C=O) groups excluding carboxylic acids is 1. The molecule has 0 unspecified atom stereocenters. The Bertz CT molecular complexity index is 425. The minimum atomic E-state index is 0.0913. The van der Waals surface area contributed by atoms with E-state index in [0.29, 0.717) is 6.54 Å². The third-order valence-corrected chi connectivity index (χ3v) is 3.49. The molecule has 2 heterocycles. The summed E-state index contributed by atoms with van der Waals surface area (Å²) in [5.74, 6) is 0.241. The normalized spacial score (nSPS) is 16.1. The summed E-state index contributed by atoms with van der Waals surface area (Å²) in [4.78, 5) is 14.1. The Morgan fingerprint density at radius 3 is 2.63 bits per heavy atom. The quantitative estimate of drug-likeness (QED) is 0.902. The second-order valence-corrected chi connectivity index (χ2v) is 6.32. The Kier molecular flexibility index (Phi) is 4.30. The fraction of sp³-hybridized carbons (Fsp3) is 0.667. The zero-order valence-electron chi connectivity index (χ0n) is 12.3. The molecule has 1 amide bonds. The highest BCUT2D eigenvalue weighted by atomic mass is 16.2. The smallest absolute Gasteiger partial charge is 0.242 e. The average Bonchev–Trinajstić information content (AvgIpc) is 2.96. The fourth-order valence-corrected chi connectivity index (χ4v) is 2.33. The molecule has 4 nitrogen and oxygen atoms in total. The largest absolute Gasteiger partial charge is 0.341 e. The maximum atomic E-state index is 12.2. The van der Waals surface area contributed by atoms with Crippen LogP contribution in [0.15, 0.2) is 18.3 Å². The van der Waals surface area contributed by atoms with Gasteiger partial charge in [-0.25, -0.2) is 0 Å². The highest BCUT2D eigenvalue weighted by Crippen LogP contribution is 2.10. The first-order chi connectivity index (χ1) is 8.96. The molecule has 1 aliphatic heterocycles. The van der Waals surface area contributed by atoms with Crippen molar-refractivity contribution < 1.29 is 4.79 Å². The van der Waals surface area contributed by atoms with Crippen LogP contribution in [0.2, 0.25) is 0 Å². The van der Waals surface area contributed by atoms with E-state index in [1.807, 2.05) is 17.2 Å². The van der Waals surface area contributed by atoms with Crippen LogP contribution in [-0.4, -0.2) is 34.0 Å². The van der Waals surface area contributed by atoms with Crippen LogP contribution in [0, 0.1) is 0 Å². The molecule has 0 aromatic carbocycles. The maximum Gasteiger partial charge on any atom is 0.242 e. The monoisotopic (exact) mass is 263 g/mol. The summed E-state index contributed by atoms with van der Waals surface area (Å²) in [6.07, 6.45) is 4.29. The lowest BCUT2D eigenvalue weighted by Crippen LogP contribution is -2.36. The van der Waals surface area contributed by atoms with E-state index < -0.39 is 0 Å². The molecule has 1 aromatic heterocycles. The highest BCUT2D eigenvalue weighted by molar-refractivity contribution is 5.76. The van der Waals surface area contributed by atoms with Crippen molar-refractivity contribution in [3.63, 3.8) is 0 Å². The van der Waals surface area contributed by atoms with E-state index in [9.17, 15) is 4.79 Å². The Labute approximate surface area is 115 Å². The first kappa shape index (κ1) is 14.1. The van der Waals surface area contributed by atoms with Gasteiger partial charge in [-0.1, -0.05) is 0 Å². The summed E-state index contributed by atoms with van der Waals surface area (Å²) in [7, 11) is 0. The fourth-order valence-electron chi connectivity index (χ4n) is 2.33. The predicted molar refractivity (Wildman–Crippen MR) is 76.8 cm³/mol. The van der Waals surface area contributed by atoms with Gasteiger partial charge in [0.25, 0.3) is 0 Å². The van der Waals surface area contributed by atoms with Gasteiger partial charge in [-0.3, -0.25) is 4.79 Å². The number of nitrogens with one attached hydrogen (secondary N) is 1. The number of amides is 1. The molecule has 19 heavy (non-hydrogen) atoms. The molecule has 0 spiro atoms. The van der Waals surface area contributed by atoms with Gasteiger partial charge in [0.05, 0.1) is 0 Å². The van der Waals surface area contributed by atoms with Crippen molar-refractivity contribution in [1.82, 2.24) is 14.8 Å². The van der Waals surface area contributed by atoms with Gasteiger partial charge < -0.3 is 14.8 Å². The minimum absolute atomic E-state index is 0.0913. The summed E-state index contributed by atoms with van der Waals surface area (Å²) >= 11 is 0. The van der Waals surface area contributed by atoms with Crippen molar-refractivity contribution in [2.24, 2.45) is 0 Å². The Morgan fingerprint density at radius 1 is 1.32 bits per heavy atom. The van der Waals surface area contributed by atoms with Crippen LogP contribution in [0.3, 0.4) is 0 Å². The van der Waals surface area contributed by atoms with Crippen LogP contribution in [0.25, 0.3) is 0 Å². The first-order valence-corrected chi connectivity index (χ1v) is 7.12. The van der Waals surface area contributed by atoms with Gasteiger partial charge in [-0.2, -0.15) is 0 Å². The molecule has 1 saturated heterocycles. The molecule has 106 valence electrons. The van der Waals surface area contributed by atoms with Gasteiger partial charge in [-0.05, 0) is 45.7 Å². The topological polar surface area (TPSA) is 37.3 Å². The Morgan fingerprint density at radius 2 is 2.00 bits per heavy atom. The van der Waals surface area contributed by atoms with Gasteiger partial charge in [0.1, 0.15) is 6.54 Å². The second-order valence-electron chi connectivity index (χ2n) is 6.32. The minimum Gasteiger partial charge on any atom is -0.341 e. The molecular weight excluding hydrogens is 238 g/mol. The van der Waals surface area contributed by atoms with Crippen LogP contribution in [0.4, 0.5) is 0 Å². The molecule has 0 aliphatic carbocycles. The van der Waals surface area contributed by atoms with E-state index >= 15 is 0 Å².